The molecule has 1 aliphatic heterocycles. The van der Waals surface area contributed by atoms with E-state index in [4.69, 9.17) is 4.74 Å². The van der Waals surface area contributed by atoms with Crippen LogP contribution in [0.15, 0.2) is 24.5 Å². The Morgan fingerprint density at radius 3 is 2.86 bits per heavy atom. The Bertz CT molecular complexity index is 671. The molecular weight excluding hydrogens is 288 g/mol. The summed E-state index contributed by atoms with van der Waals surface area (Å²) in [5, 5.41) is 0. The van der Waals surface area contributed by atoms with Crippen LogP contribution in [0, 0.1) is 11.6 Å². The van der Waals surface area contributed by atoms with Crippen molar-refractivity contribution in [3.63, 3.8) is 0 Å². The van der Waals surface area contributed by atoms with E-state index < -0.39 is 11.6 Å². The minimum Gasteiger partial charge on any atom is -0.384 e. The van der Waals surface area contributed by atoms with Crippen LogP contribution >= 0.6 is 0 Å². The Labute approximate surface area is 128 Å². The number of aryl methyl sites for hydroxylation is 1. The number of hydrogen-bond donors (Lipinski definition) is 0. The molecule has 0 amide bonds. The van der Waals surface area contributed by atoms with E-state index in [1.54, 1.807) is 13.2 Å². The number of aromatic nitrogens is 2. The summed E-state index contributed by atoms with van der Waals surface area (Å²) < 4.78 is 33.7. The molecule has 0 fully saturated rings. The lowest BCUT2D eigenvalue weighted by atomic mass is 9.98. The molecule has 1 aromatic heterocycles. The smallest absolute Gasteiger partial charge is 0.159 e. The largest absolute Gasteiger partial charge is 0.384 e. The molecule has 0 spiro atoms. The van der Waals surface area contributed by atoms with E-state index >= 15 is 0 Å². The first kappa shape index (κ1) is 15.1. The monoisotopic (exact) mass is 307 g/mol. The fraction of sp³-hybridized carbons (Fsp3) is 0.438. The predicted molar refractivity (Wildman–Crippen MR) is 78.3 cm³/mol. The molecule has 0 saturated heterocycles. The van der Waals surface area contributed by atoms with Crippen LogP contribution in [0.2, 0.25) is 0 Å². The molecule has 1 atom stereocenters. The molecule has 1 aliphatic rings. The SMILES string of the molecule is COC[C@@H]1CN(Cc2ccc(F)c(F)c2)Cc2ncn(C)c21. The molecular formula is C16H19F2N3O. The van der Waals surface area contributed by atoms with E-state index in [0.717, 1.165) is 17.8 Å². The van der Waals surface area contributed by atoms with Gasteiger partial charge in [-0.1, -0.05) is 6.07 Å². The van der Waals surface area contributed by atoms with E-state index in [1.165, 1.54) is 17.8 Å². The van der Waals surface area contributed by atoms with Crippen molar-refractivity contribution < 1.29 is 13.5 Å². The van der Waals surface area contributed by atoms with Crippen molar-refractivity contribution in [1.29, 1.82) is 0 Å². The highest BCUT2D eigenvalue weighted by Crippen LogP contribution is 2.28. The molecule has 4 nitrogen and oxygen atoms in total. The number of ether oxygens (including phenoxy) is 1. The average Bonchev–Trinajstić information content (AvgIpc) is 2.85. The van der Waals surface area contributed by atoms with E-state index in [9.17, 15) is 8.78 Å². The number of benzene rings is 1. The van der Waals surface area contributed by atoms with Crippen molar-refractivity contribution in [1.82, 2.24) is 14.5 Å². The Kier molecular flexibility index (Phi) is 4.22. The maximum absolute atomic E-state index is 13.3. The topological polar surface area (TPSA) is 30.3 Å². The Hall–Kier alpha value is -1.79. The number of hydrogen-bond acceptors (Lipinski definition) is 3. The maximum Gasteiger partial charge on any atom is 0.159 e. The van der Waals surface area contributed by atoms with Crippen molar-refractivity contribution in [2.75, 3.05) is 20.3 Å². The van der Waals surface area contributed by atoms with Crippen LogP contribution in [0.5, 0.6) is 0 Å². The van der Waals surface area contributed by atoms with Gasteiger partial charge in [0, 0.05) is 45.4 Å². The number of nitrogens with zero attached hydrogens (tertiary/aromatic N) is 3. The van der Waals surface area contributed by atoms with Crippen molar-refractivity contribution in [2.24, 2.45) is 7.05 Å². The summed E-state index contributed by atoms with van der Waals surface area (Å²) >= 11 is 0. The van der Waals surface area contributed by atoms with Gasteiger partial charge in [0.25, 0.3) is 0 Å². The Morgan fingerprint density at radius 2 is 2.14 bits per heavy atom. The van der Waals surface area contributed by atoms with Crippen molar-refractivity contribution in [3.05, 3.63) is 53.1 Å². The zero-order valence-corrected chi connectivity index (χ0v) is 12.7. The molecule has 0 radical (unpaired) electrons. The van der Waals surface area contributed by atoms with Crippen LogP contribution < -0.4 is 0 Å². The zero-order valence-electron chi connectivity index (χ0n) is 12.7. The van der Waals surface area contributed by atoms with Gasteiger partial charge in [-0.15, -0.1) is 0 Å². The molecule has 3 rings (SSSR count). The summed E-state index contributed by atoms with van der Waals surface area (Å²) in [5.41, 5.74) is 2.98. The summed E-state index contributed by atoms with van der Waals surface area (Å²) in [6.07, 6.45) is 1.81. The highest BCUT2D eigenvalue weighted by Gasteiger charge is 2.28. The van der Waals surface area contributed by atoms with E-state index in [1.807, 2.05) is 17.9 Å². The van der Waals surface area contributed by atoms with E-state index in [2.05, 4.69) is 9.88 Å². The van der Waals surface area contributed by atoms with Gasteiger partial charge in [0.15, 0.2) is 11.6 Å². The number of methoxy groups -OCH3 is 1. The quantitative estimate of drug-likeness (QED) is 0.869. The Balaban J connectivity index is 1.80. The number of fused-ring (bicyclic) bond motifs is 1. The fourth-order valence-corrected chi connectivity index (χ4v) is 3.16. The van der Waals surface area contributed by atoms with Gasteiger partial charge in [0.2, 0.25) is 0 Å². The molecule has 0 bridgehead atoms. The molecule has 22 heavy (non-hydrogen) atoms. The molecule has 0 N–H and O–H groups in total. The van der Waals surface area contributed by atoms with Gasteiger partial charge < -0.3 is 9.30 Å². The summed E-state index contributed by atoms with van der Waals surface area (Å²) in [4.78, 5) is 6.63. The molecule has 2 heterocycles. The third kappa shape index (κ3) is 2.89. The Morgan fingerprint density at radius 1 is 1.32 bits per heavy atom. The summed E-state index contributed by atoms with van der Waals surface area (Å²) in [6.45, 7) is 2.68. The van der Waals surface area contributed by atoms with Crippen LogP contribution in [-0.4, -0.2) is 34.7 Å². The van der Waals surface area contributed by atoms with Crippen molar-refractivity contribution in [2.45, 2.75) is 19.0 Å². The summed E-state index contributed by atoms with van der Waals surface area (Å²) in [7, 11) is 3.67. The number of imidazole rings is 1. The van der Waals surface area contributed by atoms with Gasteiger partial charge in [-0.3, -0.25) is 4.90 Å². The van der Waals surface area contributed by atoms with Gasteiger partial charge >= 0.3 is 0 Å². The highest BCUT2D eigenvalue weighted by atomic mass is 19.2. The summed E-state index contributed by atoms with van der Waals surface area (Å²) in [6, 6.07) is 4.06. The summed E-state index contributed by atoms with van der Waals surface area (Å²) in [5.74, 6) is -1.39. The molecule has 1 aromatic carbocycles. The van der Waals surface area contributed by atoms with Crippen LogP contribution in [0.3, 0.4) is 0 Å². The van der Waals surface area contributed by atoms with Crippen LogP contribution in [0.25, 0.3) is 0 Å². The van der Waals surface area contributed by atoms with Gasteiger partial charge in [-0.2, -0.15) is 0 Å². The second-order valence-corrected chi connectivity index (χ2v) is 5.76. The van der Waals surface area contributed by atoms with Crippen LogP contribution in [0.4, 0.5) is 8.78 Å². The molecule has 0 unspecified atom stereocenters. The maximum atomic E-state index is 13.3. The normalized spacial score (nSPS) is 18.5. The molecule has 0 saturated carbocycles. The fourth-order valence-electron chi connectivity index (χ4n) is 3.16. The molecule has 118 valence electrons. The van der Waals surface area contributed by atoms with Gasteiger partial charge in [0.05, 0.1) is 18.6 Å². The third-order valence-electron chi connectivity index (χ3n) is 4.06. The minimum absolute atomic E-state index is 0.228. The first-order chi connectivity index (χ1) is 10.6. The lowest BCUT2D eigenvalue weighted by Gasteiger charge is -2.32. The third-order valence-corrected chi connectivity index (χ3v) is 4.06. The first-order valence-electron chi connectivity index (χ1n) is 7.23. The zero-order chi connectivity index (χ0) is 15.7. The molecule has 0 aliphatic carbocycles. The minimum atomic E-state index is -0.813. The molecule has 2 aromatic rings. The van der Waals surface area contributed by atoms with E-state index in [0.29, 0.717) is 19.7 Å². The lowest BCUT2D eigenvalue weighted by Crippen LogP contribution is -2.35. The number of halogens is 2. The highest BCUT2D eigenvalue weighted by molar-refractivity contribution is 5.23. The van der Waals surface area contributed by atoms with Gasteiger partial charge in [-0.25, -0.2) is 13.8 Å². The van der Waals surface area contributed by atoms with Crippen LogP contribution in [-0.2, 0) is 24.9 Å². The number of rotatable bonds is 4. The van der Waals surface area contributed by atoms with Gasteiger partial charge in [0.1, 0.15) is 0 Å². The van der Waals surface area contributed by atoms with Crippen molar-refractivity contribution in [3.8, 4) is 0 Å². The predicted octanol–water partition coefficient (Wildman–Crippen LogP) is 2.44. The van der Waals surface area contributed by atoms with Crippen molar-refractivity contribution >= 4 is 0 Å². The second kappa shape index (κ2) is 6.14. The van der Waals surface area contributed by atoms with Crippen LogP contribution in [0.1, 0.15) is 22.9 Å². The standard InChI is InChI=1S/C16H19F2N3O/c1-20-10-19-15-8-21(7-12(9-22-2)16(15)20)6-11-3-4-13(17)14(18)5-11/h3-5,10,12H,6-9H2,1-2H3/t12-/m0/s1. The lowest BCUT2D eigenvalue weighted by molar-refractivity contribution is 0.132. The molecule has 6 heteroatoms. The second-order valence-electron chi connectivity index (χ2n) is 5.76. The van der Waals surface area contributed by atoms with Gasteiger partial charge in [-0.05, 0) is 17.7 Å². The van der Waals surface area contributed by atoms with E-state index in [-0.39, 0.29) is 5.92 Å². The average molecular weight is 307 g/mol. The first-order valence-corrected chi connectivity index (χ1v) is 7.23.